The second kappa shape index (κ2) is 5.91. The number of hydrogen-bond donors (Lipinski definition) is 1. The summed E-state index contributed by atoms with van der Waals surface area (Å²) < 4.78 is 3.74. The molecule has 3 rings (SSSR count). The zero-order valence-corrected chi connectivity index (χ0v) is 13.9. The van der Waals surface area contributed by atoms with Crippen LogP contribution in [0.25, 0.3) is 10.9 Å². The molecule has 0 aliphatic rings. The summed E-state index contributed by atoms with van der Waals surface area (Å²) in [5.41, 5.74) is 2.79. The van der Waals surface area contributed by atoms with Gasteiger partial charge in [0.15, 0.2) is 0 Å². The lowest BCUT2D eigenvalue weighted by Crippen LogP contribution is -2.31. The van der Waals surface area contributed by atoms with Gasteiger partial charge in [-0.05, 0) is 12.0 Å². The second-order valence-corrected chi connectivity index (χ2v) is 6.31. The summed E-state index contributed by atoms with van der Waals surface area (Å²) in [6.45, 7) is 4.20. The summed E-state index contributed by atoms with van der Waals surface area (Å²) in [6.07, 6.45) is 5.66. The molecular weight excluding hydrogens is 288 g/mol. The van der Waals surface area contributed by atoms with Crippen molar-refractivity contribution in [2.75, 3.05) is 0 Å². The van der Waals surface area contributed by atoms with E-state index in [0.717, 1.165) is 16.5 Å². The fourth-order valence-corrected chi connectivity index (χ4v) is 2.98. The Labute approximate surface area is 135 Å². The molecule has 0 spiro atoms. The Bertz CT molecular complexity index is 844. The normalized spacial score (nSPS) is 12.7. The van der Waals surface area contributed by atoms with Gasteiger partial charge in [-0.25, -0.2) is 0 Å². The average molecular weight is 310 g/mol. The highest BCUT2D eigenvalue weighted by atomic mass is 16.1. The molecule has 0 saturated heterocycles. The molecule has 0 radical (unpaired) electrons. The van der Waals surface area contributed by atoms with Gasteiger partial charge in [-0.15, -0.1) is 0 Å². The number of carbonyl (C=O) groups is 1. The first-order valence-corrected chi connectivity index (χ1v) is 7.81. The van der Waals surface area contributed by atoms with Gasteiger partial charge in [-0.3, -0.25) is 9.48 Å². The molecule has 2 aromatic heterocycles. The Morgan fingerprint density at radius 1 is 1.17 bits per heavy atom. The Hall–Kier alpha value is -2.56. The van der Waals surface area contributed by atoms with Crippen LogP contribution in [0, 0.1) is 5.92 Å². The van der Waals surface area contributed by atoms with Crippen LogP contribution in [0.4, 0.5) is 0 Å². The van der Waals surface area contributed by atoms with E-state index in [1.807, 2.05) is 61.5 Å². The number of amides is 1. The van der Waals surface area contributed by atoms with E-state index < -0.39 is 0 Å². The standard InChI is InChI=1S/C18H22N4O/c1-12(2)17(13-9-19-22(4)10-13)20-18(23)15-11-21(3)16-8-6-5-7-14(15)16/h5-12,17H,1-4H3,(H,20,23). The number of carbonyl (C=O) groups excluding carboxylic acids is 1. The van der Waals surface area contributed by atoms with Crippen LogP contribution in [-0.2, 0) is 14.1 Å². The van der Waals surface area contributed by atoms with Gasteiger partial charge in [0.1, 0.15) is 0 Å². The van der Waals surface area contributed by atoms with E-state index in [1.165, 1.54) is 0 Å². The summed E-state index contributed by atoms with van der Waals surface area (Å²) in [5.74, 6) is 0.225. The summed E-state index contributed by atoms with van der Waals surface area (Å²) in [7, 11) is 3.84. The molecule has 1 unspecified atom stereocenters. The zero-order chi connectivity index (χ0) is 16.6. The molecule has 2 heterocycles. The molecule has 0 aliphatic carbocycles. The minimum atomic E-state index is -0.0600. The SMILES string of the molecule is CC(C)C(NC(=O)c1cn(C)c2ccccc12)c1cnn(C)c1. The van der Waals surface area contributed by atoms with E-state index in [2.05, 4.69) is 24.3 Å². The van der Waals surface area contributed by atoms with Crippen molar-refractivity contribution in [3.63, 3.8) is 0 Å². The average Bonchev–Trinajstić information content (AvgIpc) is 3.09. The number of benzene rings is 1. The van der Waals surface area contributed by atoms with E-state index in [-0.39, 0.29) is 17.9 Å². The number of para-hydroxylation sites is 1. The fourth-order valence-electron chi connectivity index (χ4n) is 2.98. The first-order valence-electron chi connectivity index (χ1n) is 7.81. The molecular formula is C18H22N4O. The lowest BCUT2D eigenvalue weighted by Gasteiger charge is -2.21. The molecule has 0 saturated carbocycles. The predicted molar refractivity (Wildman–Crippen MR) is 91.2 cm³/mol. The first kappa shape index (κ1) is 15.3. The smallest absolute Gasteiger partial charge is 0.253 e. The molecule has 5 heteroatoms. The Morgan fingerprint density at radius 2 is 1.91 bits per heavy atom. The summed E-state index contributed by atoms with van der Waals surface area (Å²) in [6, 6.07) is 7.89. The van der Waals surface area contributed by atoms with Crippen LogP contribution in [0.5, 0.6) is 0 Å². The maximum Gasteiger partial charge on any atom is 0.253 e. The molecule has 23 heavy (non-hydrogen) atoms. The molecule has 0 aliphatic heterocycles. The van der Waals surface area contributed by atoms with Crippen LogP contribution in [0.2, 0.25) is 0 Å². The summed E-state index contributed by atoms with van der Waals surface area (Å²) >= 11 is 0. The molecule has 1 N–H and O–H groups in total. The minimum Gasteiger partial charge on any atom is -0.350 e. The van der Waals surface area contributed by atoms with E-state index in [1.54, 1.807) is 4.68 Å². The van der Waals surface area contributed by atoms with Crippen molar-refractivity contribution < 1.29 is 4.79 Å². The van der Waals surface area contributed by atoms with Crippen molar-refractivity contribution in [3.05, 3.63) is 54.0 Å². The van der Waals surface area contributed by atoms with Gasteiger partial charge in [0, 0.05) is 43.0 Å². The molecule has 0 bridgehead atoms. The Kier molecular flexibility index (Phi) is 3.94. The fraction of sp³-hybridized carbons (Fsp3) is 0.333. The van der Waals surface area contributed by atoms with Gasteiger partial charge in [-0.2, -0.15) is 5.10 Å². The maximum absolute atomic E-state index is 12.8. The van der Waals surface area contributed by atoms with E-state index in [0.29, 0.717) is 5.56 Å². The van der Waals surface area contributed by atoms with Gasteiger partial charge < -0.3 is 9.88 Å². The van der Waals surface area contributed by atoms with Crippen molar-refractivity contribution >= 4 is 16.8 Å². The van der Waals surface area contributed by atoms with Crippen LogP contribution in [-0.4, -0.2) is 20.3 Å². The third-order valence-electron chi connectivity index (χ3n) is 4.18. The zero-order valence-electron chi connectivity index (χ0n) is 13.9. The van der Waals surface area contributed by atoms with Gasteiger partial charge in [0.25, 0.3) is 5.91 Å². The highest BCUT2D eigenvalue weighted by Crippen LogP contribution is 2.24. The molecule has 1 aromatic carbocycles. The molecule has 1 atom stereocenters. The summed E-state index contributed by atoms with van der Waals surface area (Å²) in [4.78, 5) is 12.8. The van der Waals surface area contributed by atoms with Crippen molar-refractivity contribution in [3.8, 4) is 0 Å². The first-order chi connectivity index (χ1) is 11.0. The number of nitrogens with zero attached hydrogens (tertiary/aromatic N) is 3. The Balaban J connectivity index is 1.92. The van der Waals surface area contributed by atoms with E-state index in [4.69, 9.17) is 0 Å². The van der Waals surface area contributed by atoms with Crippen LogP contribution < -0.4 is 5.32 Å². The van der Waals surface area contributed by atoms with Gasteiger partial charge in [0.05, 0.1) is 17.8 Å². The van der Waals surface area contributed by atoms with Crippen LogP contribution in [0.3, 0.4) is 0 Å². The van der Waals surface area contributed by atoms with Crippen molar-refractivity contribution in [1.29, 1.82) is 0 Å². The topological polar surface area (TPSA) is 51.9 Å². The number of nitrogens with one attached hydrogen (secondary N) is 1. The highest BCUT2D eigenvalue weighted by Gasteiger charge is 2.22. The molecule has 120 valence electrons. The molecule has 3 aromatic rings. The molecule has 5 nitrogen and oxygen atoms in total. The third-order valence-corrected chi connectivity index (χ3v) is 4.18. The van der Waals surface area contributed by atoms with Crippen molar-refractivity contribution in [2.24, 2.45) is 20.0 Å². The summed E-state index contributed by atoms with van der Waals surface area (Å²) in [5, 5.41) is 8.35. The number of aryl methyl sites for hydroxylation is 2. The van der Waals surface area contributed by atoms with E-state index >= 15 is 0 Å². The van der Waals surface area contributed by atoms with Crippen LogP contribution in [0.1, 0.15) is 35.8 Å². The lowest BCUT2D eigenvalue weighted by molar-refractivity contribution is 0.0927. The van der Waals surface area contributed by atoms with Gasteiger partial charge >= 0.3 is 0 Å². The largest absolute Gasteiger partial charge is 0.350 e. The van der Waals surface area contributed by atoms with Crippen LogP contribution in [0.15, 0.2) is 42.9 Å². The van der Waals surface area contributed by atoms with E-state index in [9.17, 15) is 4.79 Å². The second-order valence-electron chi connectivity index (χ2n) is 6.31. The van der Waals surface area contributed by atoms with Gasteiger partial charge in [-0.1, -0.05) is 32.0 Å². The van der Waals surface area contributed by atoms with Crippen molar-refractivity contribution in [1.82, 2.24) is 19.7 Å². The monoisotopic (exact) mass is 310 g/mol. The number of rotatable bonds is 4. The number of aromatic nitrogens is 3. The van der Waals surface area contributed by atoms with Gasteiger partial charge in [0.2, 0.25) is 0 Å². The molecule has 1 amide bonds. The number of hydrogen-bond acceptors (Lipinski definition) is 2. The third kappa shape index (κ3) is 2.86. The lowest BCUT2D eigenvalue weighted by atomic mass is 9.98. The predicted octanol–water partition coefficient (Wildman–Crippen LogP) is 3.04. The highest BCUT2D eigenvalue weighted by molar-refractivity contribution is 6.07. The molecule has 0 fully saturated rings. The maximum atomic E-state index is 12.8. The Morgan fingerprint density at radius 3 is 2.57 bits per heavy atom. The quantitative estimate of drug-likeness (QED) is 0.805. The van der Waals surface area contributed by atoms with Crippen LogP contribution >= 0.6 is 0 Å². The van der Waals surface area contributed by atoms with Crippen molar-refractivity contribution in [2.45, 2.75) is 19.9 Å². The number of fused-ring (bicyclic) bond motifs is 1. The minimum absolute atomic E-state index is 0.0515.